The van der Waals surface area contributed by atoms with Gasteiger partial charge in [0.2, 0.25) is 0 Å². The van der Waals surface area contributed by atoms with Crippen LogP contribution in [-0.2, 0) is 0 Å². The highest BCUT2D eigenvalue weighted by atomic mass is 35.5. The number of anilines is 1. The van der Waals surface area contributed by atoms with Gasteiger partial charge in [-0.05, 0) is 60.5 Å². The Kier molecular flexibility index (Phi) is 4.53. The number of nitrogens with zero attached hydrogens (tertiary/aromatic N) is 4. The number of primary amides is 1. The molecule has 0 aliphatic carbocycles. The number of nitrogens with two attached hydrogens (primary N) is 2. The summed E-state index contributed by atoms with van der Waals surface area (Å²) in [5.74, 6) is -0.218. The number of amides is 1. The number of fused-ring (bicyclic) bond motifs is 2. The van der Waals surface area contributed by atoms with E-state index in [1.807, 2.05) is 6.07 Å². The summed E-state index contributed by atoms with van der Waals surface area (Å²) in [5, 5.41) is 0.581. The molecule has 3 heterocycles. The molecule has 0 saturated heterocycles. The van der Waals surface area contributed by atoms with Gasteiger partial charge in [0.1, 0.15) is 23.0 Å². The van der Waals surface area contributed by atoms with Gasteiger partial charge in [0, 0.05) is 12.4 Å². The smallest absolute Gasteiger partial charge is 0.250 e. The van der Waals surface area contributed by atoms with Crippen molar-refractivity contribution >= 4 is 45.3 Å². The summed E-state index contributed by atoms with van der Waals surface area (Å²) in [6, 6.07) is 11.4. The molecule has 9 heteroatoms. The number of carbonyl (C=O) groups excluding carboxylic acids is 1. The lowest BCUT2D eigenvalue weighted by Gasteiger charge is -2.13. The largest absolute Gasteiger partial charge is 0.384 e. The number of aromatic nitrogens is 4. The quantitative estimate of drug-likeness (QED) is 0.426. The van der Waals surface area contributed by atoms with Crippen LogP contribution in [0.2, 0.25) is 5.02 Å². The predicted molar refractivity (Wildman–Crippen MR) is 122 cm³/mol. The Morgan fingerprint density at radius 1 is 1.03 bits per heavy atom. The zero-order valence-corrected chi connectivity index (χ0v) is 17.6. The first-order valence-electron chi connectivity index (χ1n) is 9.63. The summed E-state index contributed by atoms with van der Waals surface area (Å²) < 4.78 is 16.7. The van der Waals surface area contributed by atoms with E-state index in [0.717, 1.165) is 5.56 Å². The number of pyridine rings is 2. The van der Waals surface area contributed by atoms with Gasteiger partial charge in [-0.2, -0.15) is 0 Å². The number of halogens is 2. The Bertz CT molecular complexity index is 1560. The van der Waals surface area contributed by atoms with Gasteiger partial charge >= 0.3 is 0 Å². The molecule has 0 spiro atoms. The van der Waals surface area contributed by atoms with Crippen LogP contribution in [0.1, 0.15) is 16.2 Å². The molecule has 0 radical (unpaired) electrons. The van der Waals surface area contributed by atoms with Gasteiger partial charge in [-0.3, -0.25) is 14.3 Å². The highest BCUT2D eigenvalue weighted by molar-refractivity contribution is 6.35. The third kappa shape index (κ3) is 3.04. The Balaban J connectivity index is 1.90. The molecule has 3 aromatic heterocycles. The molecular weight excluding hydrogens is 431 g/mol. The Labute approximate surface area is 186 Å². The van der Waals surface area contributed by atoms with E-state index in [1.54, 1.807) is 48.1 Å². The summed E-state index contributed by atoms with van der Waals surface area (Å²) in [4.78, 5) is 25.1. The van der Waals surface area contributed by atoms with E-state index in [9.17, 15) is 9.18 Å². The van der Waals surface area contributed by atoms with Gasteiger partial charge < -0.3 is 11.5 Å². The molecule has 2 aromatic carbocycles. The molecule has 158 valence electrons. The third-order valence-corrected chi connectivity index (χ3v) is 5.62. The highest BCUT2D eigenvalue weighted by Gasteiger charge is 2.20. The van der Waals surface area contributed by atoms with E-state index in [4.69, 9.17) is 23.1 Å². The molecule has 7 nitrogen and oxygen atoms in total. The second kappa shape index (κ2) is 7.28. The Morgan fingerprint density at radius 3 is 2.56 bits per heavy atom. The number of aryl methyl sites for hydroxylation is 1. The molecular formula is C23H16ClFN6O. The molecule has 5 aromatic rings. The van der Waals surface area contributed by atoms with Crippen LogP contribution in [0.25, 0.3) is 38.8 Å². The van der Waals surface area contributed by atoms with E-state index in [1.165, 1.54) is 12.1 Å². The van der Waals surface area contributed by atoms with Crippen molar-refractivity contribution in [2.45, 2.75) is 6.92 Å². The first kappa shape index (κ1) is 19.9. The monoisotopic (exact) mass is 446 g/mol. The summed E-state index contributed by atoms with van der Waals surface area (Å²) in [7, 11) is 0. The average molecular weight is 447 g/mol. The Hall–Kier alpha value is -4.04. The van der Waals surface area contributed by atoms with Gasteiger partial charge in [0.15, 0.2) is 0 Å². The van der Waals surface area contributed by atoms with Crippen molar-refractivity contribution in [1.82, 2.24) is 19.5 Å². The number of nitrogen functional groups attached to an aromatic ring is 1. The maximum Gasteiger partial charge on any atom is 0.250 e. The van der Waals surface area contributed by atoms with Gasteiger partial charge in [-0.25, -0.2) is 14.4 Å². The number of imidazole rings is 1. The number of carbonyl (C=O) groups is 1. The first-order valence-corrected chi connectivity index (χ1v) is 10.0. The lowest BCUT2D eigenvalue weighted by molar-refractivity contribution is 0.100. The maximum atomic E-state index is 14.9. The molecule has 0 aliphatic rings. The standard InChI is InChI=1S/C23H16ClFN6O/c1-11-30-21-14(23(27)32)8-13(12-4-6-28-19(26)10-12)9-18(21)31(11)17-5-7-29-22-15(24)2-3-16(25)20(17)22/h2-10H,1H3,(H2,26,28)(H2,27,32). The number of hydrogen-bond acceptors (Lipinski definition) is 5. The van der Waals surface area contributed by atoms with Crippen LogP contribution >= 0.6 is 11.6 Å². The van der Waals surface area contributed by atoms with Crippen LogP contribution in [0.4, 0.5) is 10.2 Å². The van der Waals surface area contributed by atoms with Crippen LogP contribution in [0.3, 0.4) is 0 Å². The molecule has 0 saturated carbocycles. The SMILES string of the molecule is Cc1nc2c(C(N)=O)cc(-c3ccnc(N)c3)cc2n1-c1ccnc2c(Cl)ccc(F)c12. The van der Waals surface area contributed by atoms with Crippen molar-refractivity contribution in [2.24, 2.45) is 5.73 Å². The first-order chi connectivity index (χ1) is 15.3. The van der Waals surface area contributed by atoms with Crippen LogP contribution < -0.4 is 11.5 Å². The molecule has 0 fully saturated rings. The predicted octanol–water partition coefficient (Wildman–Crippen LogP) is 4.42. The number of benzene rings is 2. The Morgan fingerprint density at radius 2 is 1.81 bits per heavy atom. The fourth-order valence-electron chi connectivity index (χ4n) is 3.94. The highest BCUT2D eigenvalue weighted by Crippen LogP contribution is 2.34. The van der Waals surface area contributed by atoms with Gasteiger partial charge in [0.05, 0.1) is 32.7 Å². The van der Waals surface area contributed by atoms with Crippen LogP contribution in [0.15, 0.2) is 54.9 Å². The molecule has 0 unspecified atom stereocenters. The van der Waals surface area contributed by atoms with Crippen LogP contribution in [0.5, 0.6) is 0 Å². The third-order valence-electron chi connectivity index (χ3n) is 5.32. The van der Waals surface area contributed by atoms with E-state index >= 15 is 0 Å². The van der Waals surface area contributed by atoms with E-state index in [2.05, 4.69) is 15.0 Å². The minimum absolute atomic E-state index is 0.242. The summed E-state index contributed by atoms with van der Waals surface area (Å²) in [5.41, 5.74) is 15.0. The molecule has 0 bridgehead atoms. The second-order valence-electron chi connectivity index (χ2n) is 7.30. The van der Waals surface area contributed by atoms with Gasteiger partial charge in [-0.1, -0.05) is 11.6 Å². The topological polar surface area (TPSA) is 113 Å². The minimum Gasteiger partial charge on any atom is -0.384 e. The lowest BCUT2D eigenvalue weighted by Crippen LogP contribution is -2.12. The van der Waals surface area contributed by atoms with Crippen molar-refractivity contribution in [3.05, 3.63) is 77.1 Å². The van der Waals surface area contributed by atoms with E-state index in [0.29, 0.717) is 44.5 Å². The van der Waals surface area contributed by atoms with E-state index < -0.39 is 11.7 Å². The maximum absolute atomic E-state index is 14.9. The molecule has 0 aliphatic heterocycles. The molecule has 5 rings (SSSR count). The molecule has 32 heavy (non-hydrogen) atoms. The zero-order valence-electron chi connectivity index (χ0n) is 16.8. The minimum atomic E-state index is -0.627. The molecule has 1 amide bonds. The van der Waals surface area contributed by atoms with Crippen molar-refractivity contribution in [3.8, 4) is 16.8 Å². The zero-order chi connectivity index (χ0) is 22.6. The van der Waals surface area contributed by atoms with Gasteiger partial charge in [0.25, 0.3) is 5.91 Å². The molecule has 0 atom stereocenters. The van der Waals surface area contributed by atoms with Crippen LogP contribution in [-0.4, -0.2) is 25.4 Å². The lowest BCUT2D eigenvalue weighted by atomic mass is 10.0. The van der Waals surface area contributed by atoms with E-state index in [-0.39, 0.29) is 10.9 Å². The summed E-state index contributed by atoms with van der Waals surface area (Å²) >= 11 is 6.27. The molecule has 4 N–H and O–H groups in total. The fraction of sp³-hybridized carbons (Fsp3) is 0.0435. The number of rotatable bonds is 3. The van der Waals surface area contributed by atoms with Crippen molar-refractivity contribution in [1.29, 1.82) is 0 Å². The van der Waals surface area contributed by atoms with Crippen molar-refractivity contribution in [2.75, 3.05) is 5.73 Å². The summed E-state index contributed by atoms with van der Waals surface area (Å²) in [6.45, 7) is 1.77. The normalized spacial score (nSPS) is 11.3. The van der Waals surface area contributed by atoms with Gasteiger partial charge in [-0.15, -0.1) is 0 Å². The van der Waals surface area contributed by atoms with Crippen molar-refractivity contribution in [3.63, 3.8) is 0 Å². The second-order valence-corrected chi connectivity index (χ2v) is 7.71. The average Bonchev–Trinajstić information content (AvgIpc) is 3.10. The summed E-state index contributed by atoms with van der Waals surface area (Å²) in [6.07, 6.45) is 3.13. The van der Waals surface area contributed by atoms with Crippen LogP contribution in [0, 0.1) is 12.7 Å². The number of hydrogen-bond donors (Lipinski definition) is 2. The fourth-order valence-corrected chi connectivity index (χ4v) is 4.15. The van der Waals surface area contributed by atoms with Crippen molar-refractivity contribution < 1.29 is 9.18 Å².